The summed E-state index contributed by atoms with van der Waals surface area (Å²) in [7, 11) is 0. The fourth-order valence-electron chi connectivity index (χ4n) is 1.73. The van der Waals surface area contributed by atoms with E-state index < -0.39 is 0 Å². The monoisotopic (exact) mass is 186 g/mol. The van der Waals surface area contributed by atoms with E-state index in [1.54, 1.807) is 0 Å². The molecule has 13 heavy (non-hydrogen) atoms. The maximum Gasteiger partial charge on any atom is 0.160 e. The van der Waals surface area contributed by atoms with Gasteiger partial charge in [-0.25, -0.2) is 0 Å². The van der Waals surface area contributed by atoms with Crippen molar-refractivity contribution in [3.05, 3.63) is 0 Å². The third kappa shape index (κ3) is 2.22. The largest absolute Gasteiger partial charge is 0.367 e. The highest BCUT2D eigenvalue weighted by molar-refractivity contribution is 4.93. The zero-order valence-corrected chi connectivity index (χ0v) is 8.53. The van der Waals surface area contributed by atoms with Crippen LogP contribution in [0.1, 0.15) is 27.2 Å². The molecule has 0 spiro atoms. The Morgan fingerprint density at radius 3 is 2.77 bits per heavy atom. The van der Waals surface area contributed by atoms with E-state index in [-0.39, 0.29) is 12.4 Å². The highest BCUT2D eigenvalue weighted by Gasteiger charge is 2.49. The van der Waals surface area contributed by atoms with Crippen molar-refractivity contribution in [2.45, 2.75) is 51.8 Å². The van der Waals surface area contributed by atoms with E-state index in [9.17, 15) is 0 Å². The molecule has 0 saturated carbocycles. The highest BCUT2D eigenvalue weighted by Crippen LogP contribution is 2.37. The summed E-state index contributed by atoms with van der Waals surface area (Å²) < 4.78 is 16.7. The average Bonchev–Trinajstić information content (AvgIpc) is 2.80. The molecule has 0 aromatic rings. The van der Waals surface area contributed by atoms with E-state index in [4.69, 9.17) is 14.2 Å². The van der Waals surface area contributed by atoms with Crippen LogP contribution in [0.25, 0.3) is 0 Å². The first-order chi connectivity index (χ1) is 6.16. The maximum absolute atomic E-state index is 5.64. The lowest BCUT2D eigenvalue weighted by molar-refractivity contribution is -0.185. The molecule has 2 saturated heterocycles. The Labute approximate surface area is 79.4 Å². The van der Waals surface area contributed by atoms with Crippen molar-refractivity contribution >= 4 is 0 Å². The Bertz CT molecular complexity index is 181. The van der Waals surface area contributed by atoms with Gasteiger partial charge < -0.3 is 14.2 Å². The molecule has 76 valence electrons. The summed E-state index contributed by atoms with van der Waals surface area (Å²) in [5, 5.41) is 0. The molecule has 0 N–H and O–H groups in total. The number of epoxide rings is 1. The zero-order chi connectivity index (χ0) is 9.42. The van der Waals surface area contributed by atoms with Crippen molar-refractivity contribution in [3.63, 3.8) is 0 Å². The third-order valence-corrected chi connectivity index (χ3v) is 2.49. The molecule has 0 bridgehead atoms. The topological polar surface area (TPSA) is 31.0 Å². The summed E-state index contributed by atoms with van der Waals surface area (Å²) in [6.45, 7) is 7.11. The molecule has 0 aromatic carbocycles. The second-order valence-electron chi connectivity index (χ2n) is 4.37. The fraction of sp³-hybridized carbons (Fsp3) is 1.00. The summed E-state index contributed by atoms with van der Waals surface area (Å²) in [4.78, 5) is 0. The molecule has 0 aromatic heterocycles. The Kier molecular flexibility index (Phi) is 2.58. The van der Waals surface area contributed by atoms with Crippen molar-refractivity contribution in [3.8, 4) is 0 Å². The van der Waals surface area contributed by atoms with Crippen molar-refractivity contribution in [2.24, 2.45) is 5.92 Å². The second kappa shape index (κ2) is 3.56. The standard InChI is InChI=1S/C10H18O3/c1-6(2)5-11-9-4-8-10(13-8)7(3)12-9/h6-10H,4-5H2,1-3H3/t7-,8-,9+,10+/m1/s1. The first kappa shape index (κ1) is 9.44. The van der Waals surface area contributed by atoms with Gasteiger partial charge in [0.1, 0.15) is 6.10 Å². The quantitative estimate of drug-likeness (QED) is 0.627. The summed E-state index contributed by atoms with van der Waals surface area (Å²) >= 11 is 0. The Hall–Kier alpha value is -0.120. The molecular weight excluding hydrogens is 168 g/mol. The van der Waals surface area contributed by atoms with Gasteiger partial charge in [0.2, 0.25) is 0 Å². The number of ether oxygens (including phenoxy) is 3. The lowest BCUT2D eigenvalue weighted by atomic mass is 10.1. The van der Waals surface area contributed by atoms with Gasteiger partial charge in [-0.2, -0.15) is 0 Å². The minimum atomic E-state index is -0.0406. The molecule has 2 aliphatic rings. The van der Waals surface area contributed by atoms with Crippen molar-refractivity contribution in [1.82, 2.24) is 0 Å². The smallest absolute Gasteiger partial charge is 0.160 e. The van der Waals surface area contributed by atoms with Gasteiger partial charge in [0.25, 0.3) is 0 Å². The van der Waals surface area contributed by atoms with Crippen molar-refractivity contribution in [2.75, 3.05) is 6.61 Å². The van der Waals surface area contributed by atoms with Crippen molar-refractivity contribution < 1.29 is 14.2 Å². The molecule has 2 rings (SSSR count). The first-order valence-corrected chi connectivity index (χ1v) is 5.09. The van der Waals surface area contributed by atoms with Gasteiger partial charge in [-0.1, -0.05) is 13.8 Å². The van der Waals surface area contributed by atoms with Crippen LogP contribution >= 0.6 is 0 Å². The van der Waals surface area contributed by atoms with E-state index in [0.29, 0.717) is 18.1 Å². The average molecular weight is 186 g/mol. The lowest BCUT2D eigenvalue weighted by Gasteiger charge is -2.25. The molecule has 2 heterocycles. The maximum atomic E-state index is 5.64. The Balaban J connectivity index is 1.74. The Morgan fingerprint density at radius 1 is 1.38 bits per heavy atom. The van der Waals surface area contributed by atoms with E-state index in [0.717, 1.165) is 13.0 Å². The number of hydrogen-bond acceptors (Lipinski definition) is 3. The van der Waals surface area contributed by atoms with Gasteiger partial charge in [-0.15, -0.1) is 0 Å². The fourth-order valence-corrected chi connectivity index (χ4v) is 1.73. The van der Waals surface area contributed by atoms with E-state index in [1.807, 2.05) is 0 Å². The molecule has 2 fully saturated rings. The number of hydrogen-bond donors (Lipinski definition) is 0. The van der Waals surface area contributed by atoms with Gasteiger partial charge in [0.15, 0.2) is 6.29 Å². The van der Waals surface area contributed by atoms with Gasteiger partial charge in [0.05, 0.1) is 18.8 Å². The zero-order valence-electron chi connectivity index (χ0n) is 8.53. The van der Waals surface area contributed by atoms with Crippen LogP contribution in [0.2, 0.25) is 0 Å². The minimum absolute atomic E-state index is 0.0406. The van der Waals surface area contributed by atoms with E-state index >= 15 is 0 Å². The summed E-state index contributed by atoms with van der Waals surface area (Å²) in [5.74, 6) is 0.566. The predicted octanol–water partition coefficient (Wildman–Crippen LogP) is 1.56. The number of fused-ring (bicyclic) bond motifs is 1. The van der Waals surface area contributed by atoms with Crippen LogP contribution in [-0.2, 0) is 14.2 Å². The molecule has 3 nitrogen and oxygen atoms in total. The van der Waals surface area contributed by atoms with Crippen LogP contribution < -0.4 is 0 Å². The lowest BCUT2D eigenvalue weighted by Crippen LogP contribution is -2.34. The highest BCUT2D eigenvalue weighted by atomic mass is 16.7. The predicted molar refractivity (Wildman–Crippen MR) is 48.4 cm³/mol. The normalized spacial score (nSPS) is 43.4. The van der Waals surface area contributed by atoms with Crippen LogP contribution in [0.4, 0.5) is 0 Å². The molecule has 3 heteroatoms. The van der Waals surface area contributed by atoms with Gasteiger partial charge >= 0.3 is 0 Å². The van der Waals surface area contributed by atoms with Crippen LogP contribution in [-0.4, -0.2) is 31.2 Å². The summed E-state index contributed by atoms with van der Waals surface area (Å²) in [6, 6.07) is 0. The van der Waals surface area contributed by atoms with Crippen LogP contribution in [0, 0.1) is 5.92 Å². The molecule has 4 atom stereocenters. The molecule has 0 amide bonds. The van der Waals surface area contributed by atoms with Gasteiger partial charge in [-0.3, -0.25) is 0 Å². The summed E-state index contributed by atoms with van der Waals surface area (Å²) in [6.07, 6.45) is 1.82. The molecular formula is C10H18O3. The van der Waals surface area contributed by atoms with Gasteiger partial charge in [0, 0.05) is 6.42 Å². The summed E-state index contributed by atoms with van der Waals surface area (Å²) in [5.41, 5.74) is 0. The van der Waals surface area contributed by atoms with Crippen molar-refractivity contribution in [1.29, 1.82) is 0 Å². The third-order valence-electron chi connectivity index (χ3n) is 2.49. The second-order valence-corrected chi connectivity index (χ2v) is 4.37. The molecule has 0 aliphatic carbocycles. The van der Waals surface area contributed by atoms with Gasteiger partial charge in [-0.05, 0) is 12.8 Å². The van der Waals surface area contributed by atoms with Crippen LogP contribution in [0.3, 0.4) is 0 Å². The SMILES string of the molecule is CC(C)CO[C@@H]1C[C@H]2O[C@H]2[C@@H](C)O1. The molecule has 0 radical (unpaired) electrons. The molecule has 0 unspecified atom stereocenters. The van der Waals surface area contributed by atoms with E-state index in [1.165, 1.54) is 0 Å². The first-order valence-electron chi connectivity index (χ1n) is 5.09. The van der Waals surface area contributed by atoms with E-state index in [2.05, 4.69) is 20.8 Å². The van der Waals surface area contributed by atoms with Crippen LogP contribution in [0.5, 0.6) is 0 Å². The minimum Gasteiger partial charge on any atom is -0.367 e. The molecule has 2 aliphatic heterocycles. The Morgan fingerprint density at radius 2 is 2.15 bits per heavy atom. The van der Waals surface area contributed by atoms with Crippen LogP contribution in [0.15, 0.2) is 0 Å². The number of rotatable bonds is 3.